The van der Waals surface area contributed by atoms with Crippen LogP contribution in [0.15, 0.2) is 0 Å². The number of nitrogens with one attached hydrogen (secondary N) is 1. The van der Waals surface area contributed by atoms with Crippen molar-refractivity contribution in [1.82, 2.24) is 5.32 Å². The molecule has 6 nitrogen and oxygen atoms in total. The van der Waals surface area contributed by atoms with E-state index in [0.29, 0.717) is 19.3 Å². The third-order valence-electron chi connectivity index (χ3n) is 14.9. The first-order valence-corrected chi connectivity index (χ1v) is 31.3. The summed E-state index contributed by atoms with van der Waals surface area (Å²) in [6, 6.07) is -0.694. The molecule has 0 aromatic carbocycles. The van der Waals surface area contributed by atoms with E-state index in [1.165, 1.54) is 276 Å². The third kappa shape index (κ3) is 51.2. The maximum atomic E-state index is 13.3. The number of hydrogen-bond donors (Lipinski definition) is 3. The molecular formula is C62H123NO5. The SMILES string of the molecule is CCCCCCCCCCCCCCCCCCCC(CC(=O)NC(CO)C(O)CCCCCCCCCCCCCCCCCC)OC(=O)CCCCCCCCCCCCCCCCCC. The first-order valence-electron chi connectivity index (χ1n) is 31.3. The number of carbonyl (C=O) groups excluding carboxylic acids is 2. The van der Waals surface area contributed by atoms with E-state index in [-0.39, 0.29) is 24.9 Å². The van der Waals surface area contributed by atoms with Crippen LogP contribution in [0.1, 0.15) is 361 Å². The van der Waals surface area contributed by atoms with E-state index in [9.17, 15) is 19.8 Å². The summed E-state index contributed by atoms with van der Waals surface area (Å²) in [6.45, 7) is 6.55. The van der Waals surface area contributed by atoms with Crippen LogP contribution < -0.4 is 5.32 Å². The minimum atomic E-state index is -0.781. The van der Waals surface area contributed by atoms with E-state index in [2.05, 4.69) is 26.1 Å². The molecule has 0 aliphatic carbocycles. The van der Waals surface area contributed by atoms with Gasteiger partial charge in [0.05, 0.1) is 25.2 Å². The molecule has 0 radical (unpaired) electrons. The minimum absolute atomic E-state index is 0.0891. The summed E-state index contributed by atoms with van der Waals surface area (Å²) in [7, 11) is 0. The van der Waals surface area contributed by atoms with Crippen molar-refractivity contribution >= 4 is 11.9 Å². The van der Waals surface area contributed by atoms with E-state index < -0.39 is 18.2 Å². The van der Waals surface area contributed by atoms with Crippen molar-refractivity contribution in [3.63, 3.8) is 0 Å². The van der Waals surface area contributed by atoms with E-state index in [1.54, 1.807) is 0 Å². The van der Waals surface area contributed by atoms with Gasteiger partial charge in [-0.05, 0) is 25.7 Å². The summed E-state index contributed by atoms with van der Waals surface area (Å²) in [6.07, 6.45) is 64.6. The van der Waals surface area contributed by atoms with Gasteiger partial charge in [0.15, 0.2) is 0 Å². The van der Waals surface area contributed by atoms with Crippen LogP contribution in [-0.4, -0.2) is 46.9 Å². The highest BCUT2D eigenvalue weighted by Crippen LogP contribution is 2.20. The Labute approximate surface area is 426 Å². The molecule has 3 atom stereocenters. The molecule has 68 heavy (non-hydrogen) atoms. The van der Waals surface area contributed by atoms with Gasteiger partial charge in [-0.25, -0.2) is 0 Å². The van der Waals surface area contributed by atoms with E-state index in [4.69, 9.17) is 4.74 Å². The summed E-state index contributed by atoms with van der Waals surface area (Å²) < 4.78 is 5.99. The molecule has 0 saturated heterocycles. The molecule has 406 valence electrons. The Morgan fingerprint density at radius 2 is 0.618 bits per heavy atom. The average molecular weight is 963 g/mol. The van der Waals surface area contributed by atoms with Gasteiger partial charge < -0.3 is 20.3 Å². The summed E-state index contributed by atoms with van der Waals surface area (Å²) in [5, 5.41) is 24.0. The van der Waals surface area contributed by atoms with E-state index in [0.717, 1.165) is 38.5 Å². The second-order valence-electron chi connectivity index (χ2n) is 21.8. The molecule has 0 aliphatic rings. The number of carbonyl (C=O) groups is 2. The molecule has 0 aromatic rings. The van der Waals surface area contributed by atoms with Crippen molar-refractivity contribution in [2.75, 3.05) is 6.61 Å². The van der Waals surface area contributed by atoms with Gasteiger partial charge in [0.1, 0.15) is 6.10 Å². The van der Waals surface area contributed by atoms with Crippen molar-refractivity contribution in [2.24, 2.45) is 0 Å². The standard InChI is InChI=1S/C62H123NO5/c1-4-7-10-13-16-19-22-25-28-31-32-35-38-41-44-47-50-53-58(68-62(67)55-52-49-46-43-40-37-34-30-27-24-21-18-15-12-9-6-3)56-61(66)63-59(57-64)60(65)54-51-48-45-42-39-36-33-29-26-23-20-17-14-11-8-5-2/h58-60,64-65H,4-57H2,1-3H3,(H,63,66). The molecule has 6 heteroatoms. The molecule has 0 rings (SSSR count). The highest BCUT2D eigenvalue weighted by Gasteiger charge is 2.24. The molecule has 0 fully saturated rings. The van der Waals surface area contributed by atoms with Crippen LogP contribution in [0.25, 0.3) is 0 Å². The Kier molecular flexibility index (Phi) is 55.8. The second kappa shape index (κ2) is 56.8. The molecule has 1 amide bonds. The van der Waals surface area contributed by atoms with Crippen molar-refractivity contribution in [3.05, 3.63) is 0 Å². The Balaban J connectivity index is 4.47. The van der Waals surface area contributed by atoms with Crippen LogP contribution in [0, 0.1) is 0 Å². The highest BCUT2D eigenvalue weighted by atomic mass is 16.5. The molecular weight excluding hydrogens is 839 g/mol. The van der Waals surface area contributed by atoms with Gasteiger partial charge in [-0.3, -0.25) is 9.59 Å². The monoisotopic (exact) mass is 962 g/mol. The largest absolute Gasteiger partial charge is 0.462 e. The Bertz CT molecular complexity index is 990. The van der Waals surface area contributed by atoms with Gasteiger partial charge in [-0.2, -0.15) is 0 Å². The first-order chi connectivity index (χ1) is 33.5. The second-order valence-corrected chi connectivity index (χ2v) is 21.8. The fraction of sp³-hybridized carbons (Fsp3) is 0.968. The number of esters is 1. The van der Waals surface area contributed by atoms with Crippen LogP contribution >= 0.6 is 0 Å². The zero-order chi connectivity index (χ0) is 49.5. The molecule has 3 N–H and O–H groups in total. The van der Waals surface area contributed by atoms with E-state index in [1.807, 2.05) is 0 Å². The minimum Gasteiger partial charge on any atom is -0.462 e. The van der Waals surface area contributed by atoms with Crippen molar-refractivity contribution in [1.29, 1.82) is 0 Å². The van der Waals surface area contributed by atoms with Gasteiger partial charge >= 0.3 is 5.97 Å². The first kappa shape index (κ1) is 66.9. The maximum Gasteiger partial charge on any atom is 0.306 e. The summed E-state index contributed by atoms with van der Waals surface area (Å²) in [4.78, 5) is 26.4. The molecule has 0 aromatic heterocycles. The molecule has 0 spiro atoms. The molecule has 0 heterocycles. The zero-order valence-electron chi connectivity index (χ0n) is 46.5. The topological polar surface area (TPSA) is 95.9 Å². The lowest BCUT2D eigenvalue weighted by Crippen LogP contribution is -2.46. The molecule has 0 bridgehead atoms. The fourth-order valence-electron chi connectivity index (χ4n) is 10.2. The number of ether oxygens (including phenoxy) is 1. The Hall–Kier alpha value is -1.14. The number of rotatable bonds is 58. The average Bonchev–Trinajstić information content (AvgIpc) is 3.33. The number of hydrogen-bond acceptors (Lipinski definition) is 5. The van der Waals surface area contributed by atoms with Gasteiger partial charge in [-0.15, -0.1) is 0 Å². The lowest BCUT2D eigenvalue weighted by molar-refractivity contribution is -0.151. The number of unbranched alkanes of at least 4 members (excludes halogenated alkanes) is 46. The Morgan fingerprint density at radius 1 is 0.368 bits per heavy atom. The normalized spacial score (nSPS) is 13.0. The van der Waals surface area contributed by atoms with Crippen LogP contribution in [-0.2, 0) is 14.3 Å². The van der Waals surface area contributed by atoms with Crippen LogP contribution in [0.5, 0.6) is 0 Å². The van der Waals surface area contributed by atoms with Crippen LogP contribution in [0.3, 0.4) is 0 Å². The van der Waals surface area contributed by atoms with E-state index >= 15 is 0 Å². The number of aliphatic hydroxyl groups is 2. The summed E-state index contributed by atoms with van der Waals surface area (Å²) in [5.41, 5.74) is 0. The van der Waals surface area contributed by atoms with Gasteiger partial charge in [-0.1, -0.05) is 323 Å². The number of aliphatic hydroxyl groups excluding tert-OH is 2. The maximum absolute atomic E-state index is 13.3. The van der Waals surface area contributed by atoms with Gasteiger partial charge in [0, 0.05) is 6.42 Å². The predicted octanol–water partition coefficient (Wildman–Crippen LogP) is 19.5. The van der Waals surface area contributed by atoms with Gasteiger partial charge in [0.2, 0.25) is 5.91 Å². The predicted molar refractivity (Wildman–Crippen MR) is 297 cm³/mol. The third-order valence-corrected chi connectivity index (χ3v) is 14.9. The lowest BCUT2D eigenvalue weighted by atomic mass is 10.0. The van der Waals surface area contributed by atoms with Crippen LogP contribution in [0.2, 0.25) is 0 Å². The summed E-state index contributed by atoms with van der Waals surface area (Å²) in [5.74, 6) is -0.440. The Morgan fingerprint density at radius 3 is 0.897 bits per heavy atom. The quantitative estimate of drug-likeness (QED) is 0.0417. The molecule has 0 aliphatic heterocycles. The van der Waals surface area contributed by atoms with Gasteiger partial charge in [0.25, 0.3) is 0 Å². The molecule has 3 unspecified atom stereocenters. The van der Waals surface area contributed by atoms with Crippen molar-refractivity contribution in [3.8, 4) is 0 Å². The van der Waals surface area contributed by atoms with Crippen LogP contribution in [0.4, 0.5) is 0 Å². The van der Waals surface area contributed by atoms with Crippen molar-refractivity contribution < 1.29 is 24.5 Å². The smallest absolute Gasteiger partial charge is 0.306 e. The summed E-state index contributed by atoms with van der Waals surface area (Å²) >= 11 is 0. The van der Waals surface area contributed by atoms with Crippen molar-refractivity contribution in [2.45, 2.75) is 379 Å². The number of amides is 1. The lowest BCUT2D eigenvalue weighted by Gasteiger charge is -2.24. The zero-order valence-corrected chi connectivity index (χ0v) is 46.5. The highest BCUT2D eigenvalue weighted by molar-refractivity contribution is 5.77. The fourth-order valence-corrected chi connectivity index (χ4v) is 10.2. The molecule has 0 saturated carbocycles.